The normalized spacial score (nSPS) is 10.9. The van der Waals surface area contributed by atoms with E-state index in [0.717, 1.165) is 47.1 Å². The molecule has 0 aliphatic rings. The fourth-order valence-electron chi connectivity index (χ4n) is 1.79. The minimum Gasteiger partial charge on any atom is -0.316 e. The van der Waals surface area contributed by atoms with E-state index in [0.29, 0.717) is 0 Å². The summed E-state index contributed by atoms with van der Waals surface area (Å²) in [4.78, 5) is 0. The Bertz CT molecular complexity index is 539. The van der Waals surface area contributed by atoms with E-state index in [9.17, 15) is 4.39 Å². The molecule has 1 heterocycles. The second-order valence-corrected chi connectivity index (χ2v) is 5.52. The molecule has 1 N–H and O–H groups in total. The molecule has 2 rings (SSSR count). The van der Waals surface area contributed by atoms with Gasteiger partial charge in [0, 0.05) is 18.5 Å². The summed E-state index contributed by atoms with van der Waals surface area (Å²) in [6, 6.07) is 4.76. The minimum atomic E-state index is -0.234. The molecule has 19 heavy (non-hydrogen) atoms. The van der Waals surface area contributed by atoms with Gasteiger partial charge < -0.3 is 5.32 Å². The Labute approximate surface area is 116 Å². The van der Waals surface area contributed by atoms with Crippen LogP contribution in [0.2, 0.25) is 0 Å². The molecule has 0 unspecified atom stereocenters. The van der Waals surface area contributed by atoms with Crippen molar-refractivity contribution in [1.29, 1.82) is 0 Å². The van der Waals surface area contributed by atoms with Gasteiger partial charge in [0.2, 0.25) is 0 Å². The smallest absolute Gasteiger partial charge is 0.148 e. The van der Waals surface area contributed by atoms with Gasteiger partial charge in [-0.25, -0.2) is 4.39 Å². The Morgan fingerprint density at radius 1 is 1.26 bits per heavy atom. The third-order valence-corrected chi connectivity index (χ3v) is 3.86. The molecule has 0 bridgehead atoms. The maximum Gasteiger partial charge on any atom is 0.148 e. The van der Waals surface area contributed by atoms with Crippen LogP contribution >= 0.6 is 11.3 Å². The maximum absolute atomic E-state index is 13.3. The number of hydrogen-bond acceptors (Lipinski definition) is 4. The van der Waals surface area contributed by atoms with E-state index < -0.39 is 0 Å². The van der Waals surface area contributed by atoms with Crippen molar-refractivity contribution in [2.75, 3.05) is 13.1 Å². The number of hydrogen-bond donors (Lipinski definition) is 1. The monoisotopic (exact) mass is 279 g/mol. The lowest BCUT2D eigenvalue weighted by atomic mass is 10.1. The van der Waals surface area contributed by atoms with Gasteiger partial charge in [-0.15, -0.1) is 10.2 Å². The van der Waals surface area contributed by atoms with Crippen LogP contribution in [0.1, 0.15) is 23.9 Å². The molecule has 1 aromatic heterocycles. The van der Waals surface area contributed by atoms with Crippen molar-refractivity contribution in [2.45, 2.75) is 26.7 Å². The van der Waals surface area contributed by atoms with Gasteiger partial charge in [0.1, 0.15) is 15.8 Å². The average molecular weight is 279 g/mol. The quantitative estimate of drug-likeness (QED) is 0.825. The van der Waals surface area contributed by atoms with Crippen LogP contribution in [0.15, 0.2) is 18.2 Å². The summed E-state index contributed by atoms with van der Waals surface area (Å²) in [6.07, 6.45) is 2.00. The molecule has 0 amide bonds. The molecule has 0 spiro atoms. The molecule has 0 aliphatic heterocycles. The molecular formula is C14H18FN3S. The molecule has 0 radical (unpaired) electrons. The fourth-order valence-corrected chi connectivity index (χ4v) is 2.71. The number of nitrogens with zero attached hydrogens (tertiary/aromatic N) is 2. The molecule has 0 saturated heterocycles. The Morgan fingerprint density at radius 3 is 2.89 bits per heavy atom. The van der Waals surface area contributed by atoms with Crippen LogP contribution in [0.4, 0.5) is 4.39 Å². The maximum atomic E-state index is 13.3. The third kappa shape index (κ3) is 3.81. The zero-order valence-electron chi connectivity index (χ0n) is 11.2. The van der Waals surface area contributed by atoms with Crippen molar-refractivity contribution in [3.05, 3.63) is 34.6 Å². The molecule has 1 aromatic carbocycles. The van der Waals surface area contributed by atoms with Gasteiger partial charge in [0.05, 0.1) is 0 Å². The molecule has 102 valence electrons. The largest absolute Gasteiger partial charge is 0.316 e. The molecule has 0 aliphatic carbocycles. The van der Waals surface area contributed by atoms with Crippen LogP contribution in [0.5, 0.6) is 0 Å². The van der Waals surface area contributed by atoms with Crippen molar-refractivity contribution in [2.24, 2.45) is 0 Å². The number of aromatic nitrogens is 2. The SMILES string of the molecule is CCCNCCc1nnc(-c2cc(F)ccc2C)s1. The van der Waals surface area contributed by atoms with Crippen LogP contribution in [-0.4, -0.2) is 23.3 Å². The molecule has 3 nitrogen and oxygen atoms in total. The molecule has 0 atom stereocenters. The Morgan fingerprint density at radius 2 is 2.11 bits per heavy atom. The van der Waals surface area contributed by atoms with E-state index in [4.69, 9.17) is 0 Å². The predicted molar refractivity (Wildman–Crippen MR) is 76.9 cm³/mol. The highest BCUT2D eigenvalue weighted by atomic mass is 32.1. The molecule has 2 aromatic rings. The van der Waals surface area contributed by atoms with Gasteiger partial charge in [-0.1, -0.05) is 24.3 Å². The number of halogens is 1. The van der Waals surface area contributed by atoms with Gasteiger partial charge >= 0.3 is 0 Å². The summed E-state index contributed by atoms with van der Waals surface area (Å²) in [5.74, 6) is -0.234. The van der Waals surface area contributed by atoms with Crippen molar-refractivity contribution in [1.82, 2.24) is 15.5 Å². The highest BCUT2D eigenvalue weighted by molar-refractivity contribution is 7.14. The Balaban J connectivity index is 2.06. The summed E-state index contributed by atoms with van der Waals surface area (Å²) in [6.45, 7) is 6.03. The van der Waals surface area contributed by atoms with E-state index >= 15 is 0 Å². The number of rotatable bonds is 6. The lowest BCUT2D eigenvalue weighted by Crippen LogP contribution is -2.17. The fraction of sp³-hybridized carbons (Fsp3) is 0.429. The van der Waals surface area contributed by atoms with Crippen LogP contribution in [-0.2, 0) is 6.42 Å². The van der Waals surface area contributed by atoms with E-state index in [1.54, 1.807) is 6.07 Å². The second-order valence-electron chi connectivity index (χ2n) is 4.46. The minimum absolute atomic E-state index is 0.234. The summed E-state index contributed by atoms with van der Waals surface area (Å²) < 4.78 is 13.3. The van der Waals surface area contributed by atoms with E-state index in [-0.39, 0.29) is 5.82 Å². The van der Waals surface area contributed by atoms with E-state index in [2.05, 4.69) is 22.4 Å². The highest BCUT2D eigenvalue weighted by Crippen LogP contribution is 2.27. The third-order valence-electron chi connectivity index (χ3n) is 2.84. The van der Waals surface area contributed by atoms with Gasteiger partial charge in [-0.05, 0) is 37.6 Å². The first-order valence-electron chi connectivity index (χ1n) is 6.50. The summed E-state index contributed by atoms with van der Waals surface area (Å²) in [5.41, 5.74) is 1.86. The van der Waals surface area contributed by atoms with Crippen LogP contribution in [0.25, 0.3) is 10.6 Å². The van der Waals surface area contributed by atoms with Gasteiger partial charge in [-0.3, -0.25) is 0 Å². The lowest BCUT2D eigenvalue weighted by Gasteiger charge is -2.01. The molecular weight excluding hydrogens is 261 g/mol. The summed E-state index contributed by atoms with van der Waals surface area (Å²) >= 11 is 1.54. The number of aryl methyl sites for hydroxylation is 1. The average Bonchev–Trinajstić information content (AvgIpc) is 2.86. The van der Waals surface area contributed by atoms with E-state index in [1.807, 2.05) is 6.92 Å². The first-order valence-corrected chi connectivity index (χ1v) is 7.32. The molecule has 0 saturated carbocycles. The van der Waals surface area contributed by atoms with Gasteiger partial charge in [0.25, 0.3) is 0 Å². The zero-order valence-corrected chi connectivity index (χ0v) is 12.1. The van der Waals surface area contributed by atoms with Crippen molar-refractivity contribution in [3.8, 4) is 10.6 Å². The van der Waals surface area contributed by atoms with E-state index in [1.165, 1.54) is 23.5 Å². The van der Waals surface area contributed by atoms with Gasteiger partial charge in [-0.2, -0.15) is 0 Å². The predicted octanol–water partition coefficient (Wildman–Crippen LogP) is 3.19. The Hall–Kier alpha value is -1.33. The molecule has 5 heteroatoms. The molecule has 0 fully saturated rings. The first kappa shape index (κ1) is 14.1. The summed E-state index contributed by atoms with van der Waals surface area (Å²) in [7, 11) is 0. The standard InChI is InChI=1S/C14H18FN3S/c1-3-7-16-8-6-13-17-18-14(19-13)12-9-11(15)5-4-10(12)2/h4-5,9,16H,3,6-8H2,1-2H3. The highest BCUT2D eigenvalue weighted by Gasteiger charge is 2.09. The second kappa shape index (κ2) is 6.73. The van der Waals surface area contributed by atoms with Gasteiger partial charge in [0.15, 0.2) is 0 Å². The summed E-state index contributed by atoms with van der Waals surface area (Å²) in [5, 5.41) is 13.4. The van der Waals surface area contributed by atoms with Crippen LogP contribution in [0.3, 0.4) is 0 Å². The first-order chi connectivity index (χ1) is 9.20. The Kier molecular flexibility index (Phi) is 4.99. The topological polar surface area (TPSA) is 37.8 Å². The van der Waals surface area contributed by atoms with Crippen molar-refractivity contribution >= 4 is 11.3 Å². The van der Waals surface area contributed by atoms with Crippen molar-refractivity contribution < 1.29 is 4.39 Å². The number of benzene rings is 1. The van der Waals surface area contributed by atoms with Crippen molar-refractivity contribution in [3.63, 3.8) is 0 Å². The lowest BCUT2D eigenvalue weighted by molar-refractivity contribution is 0.628. The van der Waals surface area contributed by atoms with Crippen LogP contribution < -0.4 is 5.32 Å². The van der Waals surface area contributed by atoms with Crippen LogP contribution in [0, 0.1) is 12.7 Å². The zero-order chi connectivity index (χ0) is 13.7. The number of nitrogens with one attached hydrogen (secondary N) is 1.